The summed E-state index contributed by atoms with van der Waals surface area (Å²) >= 11 is 3.90. The van der Waals surface area contributed by atoms with E-state index >= 15 is 0 Å². The van der Waals surface area contributed by atoms with E-state index in [2.05, 4.69) is 21.4 Å². The first-order valence-electron chi connectivity index (χ1n) is 13.3. The van der Waals surface area contributed by atoms with Gasteiger partial charge in [0.25, 0.3) is 0 Å². The number of rotatable bonds is 10. The number of piperidine rings is 1. The van der Waals surface area contributed by atoms with Gasteiger partial charge < -0.3 is 29.0 Å². The molecule has 1 unspecified atom stereocenters. The molecule has 1 fully saturated rings. The van der Waals surface area contributed by atoms with Crippen LogP contribution in [-0.2, 0) is 14.2 Å². The Balaban J connectivity index is 2.05. The summed E-state index contributed by atoms with van der Waals surface area (Å²) in [5.41, 5.74) is 5.89. The molecular formula is C26H44BrN7O4. The maximum atomic E-state index is 12.9. The van der Waals surface area contributed by atoms with Gasteiger partial charge >= 0.3 is 6.09 Å². The lowest BCUT2D eigenvalue weighted by atomic mass is 9.92. The Labute approximate surface area is 235 Å². The van der Waals surface area contributed by atoms with Crippen LogP contribution in [0.25, 0.3) is 0 Å². The number of fused-ring (bicyclic) bond motifs is 1. The van der Waals surface area contributed by atoms with E-state index in [1.54, 1.807) is 17.0 Å². The van der Waals surface area contributed by atoms with E-state index < -0.39 is 5.60 Å². The highest BCUT2D eigenvalue weighted by Gasteiger charge is 2.39. The zero-order valence-electron chi connectivity index (χ0n) is 23.8. The molecule has 3 heterocycles. The molecule has 3 rings (SSSR count). The number of nitrogens with two attached hydrogens (primary N) is 1. The Morgan fingerprint density at radius 1 is 1.26 bits per heavy atom. The van der Waals surface area contributed by atoms with E-state index in [0.717, 1.165) is 45.8 Å². The van der Waals surface area contributed by atoms with Crippen molar-refractivity contribution in [1.29, 1.82) is 0 Å². The number of likely N-dealkylation sites (tertiary alicyclic amines) is 1. The van der Waals surface area contributed by atoms with Gasteiger partial charge in [-0.1, -0.05) is 0 Å². The summed E-state index contributed by atoms with van der Waals surface area (Å²) in [7, 11) is 1.80. The highest BCUT2D eigenvalue weighted by atomic mass is 79.9. The second kappa shape index (κ2) is 13.3. The van der Waals surface area contributed by atoms with Crippen LogP contribution in [0.2, 0.25) is 0 Å². The number of halogens is 1. The Morgan fingerprint density at radius 3 is 2.50 bits per heavy atom. The van der Waals surface area contributed by atoms with Gasteiger partial charge in [0.1, 0.15) is 24.9 Å². The lowest BCUT2D eigenvalue weighted by Gasteiger charge is -2.39. The minimum atomic E-state index is -0.547. The summed E-state index contributed by atoms with van der Waals surface area (Å²) in [5.74, 6) is 7.62. The van der Waals surface area contributed by atoms with Crippen molar-refractivity contribution in [3.63, 3.8) is 0 Å². The molecule has 12 heteroatoms. The summed E-state index contributed by atoms with van der Waals surface area (Å²) in [6.45, 7) is 15.3. The third-order valence-corrected chi connectivity index (χ3v) is 7.05. The van der Waals surface area contributed by atoms with Crippen molar-refractivity contribution in [1.82, 2.24) is 25.2 Å². The standard InChI is InChI=1S/C26H44BrN7O4/c1-8-36-16-33(17-37-9-2)24-21(27)22(19-11-10-12-32(15-19)25(35)38-26(4,5)6)30-23-20(13-29-34(23)24)18(3)14-31(7)28/h14,19,29H,8-13,15-17,28H2,1-7H3/b18-14+. The monoisotopic (exact) mass is 597 g/mol. The molecule has 0 aromatic carbocycles. The number of amides is 1. The summed E-state index contributed by atoms with van der Waals surface area (Å²) in [4.78, 5) is 21.9. The predicted octanol–water partition coefficient (Wildman–Crippen LogP) is 3.68. The van der Waals surface area contributed by atoms with Gasteiger partial charge in [0, 0.05) is 57.6 Å². The molecule has 1 amide bonds. The number of hydrogen-bond acceptors (Lipinski definition) is 10. The summed E-state index contributed by atoms with van der Waals surface area (Å²) in [6, 6.07) is 0. The van der Waals surface area contributed by atoms with E-state index in [0.29, 0.717) is 46.3 Å². The topological polar surface area (TPSA) is 108 Å². The molecule has 0 aliphatic carbocycles. The molecule has 0 aromatic rings. The molecule has 1 saturated heterocycles. The van der Waals surface area contributed by atoms with Crippen molar-refractivity contribution >= 4 is 27.7 Å². The van der Waals surface area contributed by atoms with Gasteiger partial charge in [0.15, 0.2) is 5.82 Å². The Morgan fingerprint density at radius 2 is 1.92 bits per heavy atom. The van der Waals surface area contributed by atoms with Crippen LogP contribution in [0.15, 0.2) is 38.5 Å². The average molecular weight is 599 g/mol. The fourth-order valence-corrected chi connectivity index (χ4v) is 5.46. The molecule has 3 aliphatic heterocycles. The number of hydrazine groups is 2. The molecule has 3 aliphatic rings. The Bertz CT molecular complexity index is 979. The van der Waals surface area contributed by atoms with Gasteiger partial charge in [-0.25, -0.2) is 26.1 Å². The normalized spacial score (nSPS) is 20.6. The van der Waals surface area contributed by atoms with Gasteiger partial charge in [-0.05, 0) is 75.9 Å². The number of carbonyl (C=O) groups excluding carboxylic acids is 1. The van der Waals surface area contributed by atoms with Crippen molar-refractivity contribution < 1.29 is 19.0 Å². The summed E-state index contributed by atoms with van der Waals surface area (Å²) in [5, 5.41) is 3.53. The van der Waals surface area contributed by atoms with Crippen LogP contribution in [-0.4, -0.2) is 90.6 Å². The van der Waals surface area contributed by atoms with Crippen LogP contribution < -0.4 is 11.3 Å². The Kier molecular flexibility index (Phi) is 10.6. The van der Waals surface area contributed by atoms with Crippen LogP contribution in [0.1, 0.15) is 54.4 Å². The molecule has 0 spiro atoms. The fourth-order valence-electron chi connectivity index (χ4n) is 4.62. The first-order chi connectivity index (χ1) is 18.0. The zero-order chi connectivity index (χ0) is 28.0. The van der Waals surface area contributed by atoms with Crippen molar-refractivity contribution in [3.8, 4) is 0 Å². The minimum Gasteiger partial charge on any atom is -0.444 e. The SMILES string of the molecule is CCOCN(COCC)C1=C(Br)C(C2CCCN(C(=O)OC(C)(C)C)C2)=NC2=C(/C(C)=C/N(C)N)CNN21. The molecule has 0 saturated carbocycles. The number of hydrogen-bond donors (Lipinski definition) is 2. The van der Waals surface area contributed by atoms with E-state index in [-0.39, 0.29) is 12.0 Å². The number of nitrogens with zero attached hydrogens (tertiary/aromatic N) is 5. The molecule has 1 atom stereocenters. The molecule has 0 aromatic heterocycles. The number of carbonyl (C=O) groups is 1. The lowest BCUT2D eigenvalue weighted by Crippen LogP contribution is -2.48. The predicted molar refractivity (Wildman–Crippen MR) is 151 cm³/mol. The minimum absolute atomic E-state index is 0.0275. The molecular weight excluding hydrogens is 554 g/mol. The number of allylic oxidation sites excluding steroid dienone is 1. The van der Waals surface area contributed by atoms with Gasteiger partial charge in [-0.3, -0.25) is 0 Å². The van der Waals surface area contributed by atoms with Crippen LogP contribution in [0, 0.1) is 5.92 Å². The Hall–Kier alpha value is -2.12. The molecule has 214 valence electrons. The van der Waals surface area contributed by atoms with E-state index in [4.69, 9.17) is 25.0 Å². The maximum absolute atomic E-state index is 12.9. The summed E-state index contributed by atoms with van der Waals surface area (Å²) < 4.78 is 18.2. The van der Waals surface area contributed by atoms with Crippen molar-refractivity contribution in [2.75, 3.05) is 53.4 Å². The zero-order valence-corrected chi connectivity index (χ0v) is 25.4. The summed E-state index contributed by atoms with van der Waals surface area (Å²) in [6.07, 6.45) is 3.37. The van der Waals surface area contributed by atoms with Gasteiger partial charge in [0.2, 0.25) is 0 Å². The number of ether oxygens (including phenoxy) is 3. The second-order valence-electron chi connectivity index (χ2n) is 10.6. The molecule has 0 bridgehead atoms. The van der Waals surface area contributed by atoms with Crippen molar-refractivity contribution in [2.45, 2.75) is 60.0 Å². The van der Waals surface area contributed by atoms with Gasteiger partial charge in [-0.2, -0.15) is 0 Å². The van der Waals surface area contributed by atoms with Crippen LogP contribution >= 0.6 is 15.9 Å². The second-order valence-corrected chi connectivity index (χ2v) is 11.4. The first kappa shape index (κ1) is 30.4. The van der Waals surface area contributed by atoms with Crippen molar-refractivity contribution in [3.05, 3.63) is 33.5 Å². The number of aliphatic imine (C=N–C) groups is 1. The molecule has 3 N–H and O–H groups in total. The van der Waals surface area contributed by atoms with Crippen LogP contribution in [0.4, 0.5) is 4.79 Å². The van der Waals surface area contributed by atoms with E-state index in [9.17, 15) is 4.79 Å². The molecule has 11 nitrogen and oxygen atoms in total. The molecule has 38 heavy (non-hydrogen) atoms. The van der Waals surface area contributed by atoms with Crippen LogP contribution in [0.3, 0.4) is 0 Å². The molecule has 0 radical (unpaired) electrons. The lowest BCUT2D eigenvalue weighted by molar-refractivity contribution is -0.0359. The number of nitrogens with one attached hydrogen (secondary N) is 1. The maximum Gasteiger partial charge on any atom is 0.410 e. The highest BCUT2D eigenvalue weighted by molar-refractivity contribution is 9.12. The fraction of sp³-hybridized carbons (Fsp3) is 0.692. The van der Waals surface area contributed by atoms with Gasteiger partial charge in [-0.15, -0.1) is 0 Å². The van der Waals surface area contributed by atoms with Crippen molar-refractivity contribution in [2.24, 2.45) is 16.8 Å². The third-order valence-electron chi connectivity index (χ3n) is 6.29. The van der Waals surface area contributed by atoms with E-state index in [1.807, 2.05) is 57.7 Å². The van der Waals surface area contributed by atoms with Gasteiger partial charge in [0.05, 0.1) is 10.2 Å². The van der Waals surface area contributed by atoms with Crippen LogP contribution in [0.5, 0.6) is 0 Å². The smallest absolute Gasteiger partial charge is 0.410 e. The quantitative estimate of drug-likeness (QED) is 0.221. The largest absolute Gasteiger partial charge is 0.444 e. The highest BCUT2D eigenvalue weighted by Crippen LogP contribution is 2.38. The van der Waals surface area contributed by atoms with E-state index in [1.165, 1.54) is 0 Å². The third kappa shape index (κ3) is 7.50. The first-order valence-corrected chi connectivity index (χ1v) is 14.1. The average Bonchev–Trinajstić information content (AvgIpc) is 3.26.